The van der Waals surface area contributed by atoms with Gasteiger partial charge >= 0.3 is 0 Å². The number of halogens is 1. The van der Waals surface area contributed by atoms with Gasteiger partial charge < -0.3 is 0 Å². The highest BCUT2D eigenvalue weighted by molar-refractivity contribution is 6.17. The summed E-state index contributed by atoms with van der Waals surface area (Å²) in [6, 6.07) is 18.3. The van der Waals surface area contributed by atoms with E-state index in [9.17, 15) is 0 Å². The van der Waals surface area contributed by atoms with Crippen molar-refractivity contribution in [3.05, 3.63) is 66.6 Å². The second-order valence-corrected chi connectivity index (χ2v) is 5.16. The normalized spacial score (nSPS) is 11.3. The average molecular weight is 294 g/mol. The number of nitrogens with zero attached hydrogens (tertiary/aromatic N) is 3. The number of hydrogen-bond donors (Lipinski definition) is 0. The Kier molecular flexibility index (Phi) is 2.86. The molecule has 0 saturated carbocycles. The molecular weight excluding hydrogens is 282 g/mol. The molecule has 2 heterocycles. The second-order valence-electron chi connectivity index (χ2n) is 4.90. The van der Waals surface area contributed by atoms with Gasteiger partial charge in [0.2, 0.25) is 0 Å². The van der Waals surface area contributed by atoms with E-state index in [1.54, 1.807) is 0 Å². The summed E-state index contributed by atoms with van der Waals surface area (Å²) in [4.78, 5) is 9.15. The second kappa shape index (κ2) is 4.86. The third-order valence-corrected chi connectivity index (χ3v) is 3.87. The van der Waals surface area contributed by atoms with Gasteiger partial charge in [0.1, 0.15) is 12.1 Å². The van der Waals surface area contributed by atoms with Crippen LogP contribution in [0.2, 0.25) is 0 Å². The van der Waals surface area contributed by atoms with Crippen molar-refractivity contribution in [3.63, 3.8) is 0 Å². The predicted octanol–water partition coefficient (Wildman–Crippen LogP) is 4.31. The Hall–Kier alpha value is -2.39. The summed E-state index contributed by atoms with van der Waals surface area (Å²) in [6.07, 6.45) is 1.82. The van der Waals surface area contributed by atoms with Crippen LogP contribution < -0.4 is 0 Å². The van der Waals surface area contributed by atoms with Gasteiger partial charge in [0.25, 0.3) is 0 Å². The van der Waals surface area contributed by atoms with Gasteiger partial charge in [-0.05, 0) is 23.6 Å². The third kappa shape index (κ3) is 1.98. The van der Waals surface area contributed by atoms with Crippen LogP contribution in [-0.4, -0.2) is 14.5 Å². The van der Waals surface area contributed by atoms with E-state index in [-0.39, 0.29) is 0 Å². The molecule has 4 aromatic rings. The number of benzene rings is 2. The topological polar surface area (TPSA) is 30.7 Å². The van der Waals surface area contributed by atoms with Crippen molar-refractivity contribution in [3.8, 4) is 5.82 Å². The van der Waals surface area contributed by atoms with Gasteiger partial charge in [-0.2, -0.15) is 0 Å². The molecule has 0 radical (unpaired) electrons. The first-order valence-corrected chi connectivity index (χ1v) is 7.27. The number of imidazole rings is 1. The monoisotopic (exact) mass is 293 g/mol. The van der Waals surface area contributed by atoms with Gasteiger partial charge in [0.15, 0.2) is 0 Å². The lowest BCUT2D eigenvalue weighted by atomic mass is 10.1. The van der Waals surface area contributed by atoms with E-state index in [4.69, 9.17) is 16.6 Å². The van der Waals surface area contributed by atoms with Crippen LogP contribution in [0.4, 0.5) is 0 Å². The minimum absolute atomic E-state index is 0.393. The molecule has 0 atom stereocenters. The number of para-hydroxylation sites is 2. The fourth-order valence-corrected chi connectivity index (χ4v) is 2.75. The summed E-state index contributed by atoms with van der Waals surface area (Å²) in [5.41, 5.74) is 2.87. The highest BCUT2D eigenvalue weighted by atomic mass is 35.5. The minimum Gasteiger partial charge on any atom is -0.282 e. The Morgan fingerprint density at radius 1 is 1.00 bits per heavy atom. The highest BCUT2D eigenvalue weighted by Crippen LogP contribution is 2.25. The molecule has 0 unspecified atom stereocenters. The van der Waals surface area contributed by atoms with Crippen molar-refractivity contribution in [1.29, 1.82) is 0 Å². The first-order chi connectivity index (χ1) is 10.4. The highest BCUT2D eigenvalue weighted by Gasteiger charge is 2.10. The summed E-state index contributed by atoms with van der Waals surface area (Å²) in [5, 5.41) is 2.23. The van der Waals surface area contributed by atoms with Gasteiger partial charge in [-0.25, -0.2) is 9.97 Å². The first kappa shape index (κ1) is 12.4. The van der Waals surface area contributed by atoms with Crippen LogP contribution in [0.25, 0.3) is 27.6 Å². The lowest BCUT2D eigenvalue weighted by Gasteiger charge is -2.09. The van der Waals surface area contributed by atoms with Crippen molar-refractivity contribution >= 4 is 33.4 Å². The number of rotatable bonds is 2. The molecule has 2 aromatic carbocycles. The molecule has 2 aromatic heterocycles. The summed E-state index contributed by atoms with van der Waals surface area (Å²) in [5.74, 6) is 1.27. The molecule has 102 valence electrons. The molecule has 0 saturated heterocycles. The fourth-order valence-electron chi connectivity index (χ4n) is 2.61. The van der Waals surface area contributed by atoms with Crippen LogP contribution in [0.5, 0.6) is 0 Å². The molecule has 0 amide bonds. The maximum absolute atomic E-state index is 5.99. The van der Waals surface area contributed by atoms with Crippen molar-refractivity contribution in [2.24, 2.45) is 0 Å². The Bertz CT molecular complexity index is 943. The van der Waals surface area contributed by atoms with E-state index in [0.717, 1.165) is 33.3 Å². The van der Waals surface area contributed by atoms with Crippen LogP contribution in [0.15, 0.2) is 60.9 Å². The lowest BCUT2D eigenvalue weighted by Crippen LogP contribution is -2.00. The first-order valence-electron chi connectivity index (χ1n) is 6.74. The van der Waals surface area contributed by atoms with Gasteiger partial charge in [-0.3, -0.25) is 4.57 Å². The molecule has 3 nitrogen and oxygen atoms in total. The molecule has 4 heteroatoms. The number of pyridine rings is 1. The lowest BCUT2D eigenvalue weighted by molar-refractivity contribution is 1.01. The van der Waals surface area contributed by atoms with Gasteiger partial charge in [-0.15, -0.1) is 11.6 Å². The van der Waals surface area contributed by atoms with Gasteiger partial charge in [0, 0.05) is 5.39 Å². The van der Waals surface area contributed by atoms with Crippen molar-refractivity contribution in [1.82, 2.24) is 14.5 Å². The van der Waals surface area contributed by atoms with Crippen molar-refractivity contribution in [2.75, 3.05) is 0 Å². The fraction of sp³-hybridized carbons (Fsp3) is 0.0588. The Labute approximate surface area is 126 Å². The quantitative estimate of drug-likeness (QED) is 0.516. The molecule has 0 aliphatic carbocycles. The summed E-state index contributed by atoms with van der Waals surface area (Å²) in [6.45, 7) is 0. The third-order valence-electron chi connectivity index (χ3n) is 3.59. The van der Waals surface area contributed by atoms with Crippen LogP contribution in [0.3, 0.4) is 0 Å². The zero-order valence-electron chi connectivity index (χ0n) is 11.2. The molecule has 0 aliphatic rings. The van der Waals surface area contributed by atoms with E-state index in [0.29, 0.717) is 5.88 Å². The summed E-state index contributed by atoms with van der Waals surface area (Å²) < 4.78 is 2.02. The number of alkyl halides is 1. The van der Waals surface area contributed by atoms with Crippen LogP contribution in [0.1, 0.15) is 5.69 Å². The molecular formula is C17H12ClN3. The van der Waals surface area contributed by atoms with E-state index in [2.05, 4.69) is 17.1 Å². The Balaban J connectivity index is 2.09. The zero-order valence-corrected chi connectivity index (χ0v) is 12.0. The SMILES string of the molecule is ClCc1cc2ccccc2c(-n2cnc3ccccc32)n1. The molecule has 0 fully saturated rings. The van der Waals surface area contributed by atoms with E-state index < -0.39 is 0 Å². The summed E-state index contributed by atoms with van der Waals surface area (Å²) >= 11 is 5.99. The molecule has 0 bridgehead atoms. The number of hydrogen-bond acceptors (Lipinski definition) is 2. The van der Waals surface area contributed by atoms with E-state index >= 15 is 0 Å². The smallest absolute Gasteiger partial charge is 0.146 e. The largest absolute Gasteiger partial charge is 0.282 e. The zero-order chi connectivity index (χ0) is 14.2. The minimum atomic E-state index is 0.393. The molecule has 21 heavy (non-hydrogen) atoms. The van der Waals surface area contributed by atoms with Crippen LogP contribution >= 0.6 is 11.6 Å². The van der Waals surface area contributed by atoms with E-state index in [1.807, 2.05) is 53.4 Å². The maximum Gasteiger partial charge on any atom is 0.146 e. The summed E-state index contributed by atoms with van der Waals surface area (Å²) in [7, 11) is 0. The van der Waals surface area contributed by atoms with Crippen molar-refractivity contribution in [2.45, 2.75) is 5.88 Å². The van der Waals surface area contributed by atoms with Gasteiger partial charge in [0.05, 0.1) is 22.6 Å². The van der Waals surface area contributed by atoms with Crippen LogP contribution in [-0.2, 0) is 5.88 Å². The number of aromatic nitrogens is 3. The number of fused-ring (bicyclic) bond motifs is 2. The molecule has 0 N–H and O–H groups in total. The maximum atomic E-state index is 5.99. The molecule has 0 spiro atoms. The predicted molar refractivity (Wildman–Crippen MR) is 85.9 cm³/mol. The Morgan fingerprint density at radius 3 is 2.71 bits per heavy atom. The van der Waals surface area contributed by atoms with Crippen molar-refractivity contribution < 1.29 is 0 Å². The molecule has 0 aliphatic heterocycles. The van der Waals surface area contributed by atoms with E-state index in [1.165, 1.54) is 0 Å². The average Bonchev–Trinajstić information content (AvgIpc) is 2.97. The van der Waals surface area contributed by atoms with Crippen LogP contribution in [0, 0.1) is 0 Å². The Morgan fingerprint density at radius 2 is 1.81 bits per heavy atom. The standard InChI is InChI=1S/C17H12ClN3/c18-10-13-9-12-5-1-2-6-14(12)17(20-13)21-11-19-15-7-3-4-8-16(15)21/h1-9,11H,10H2. The van der Waals surface area contributed by atoms with Gasteiger partial charge in [-0.1, -0.05) is 36.4 Å². The molecule has 4 rings (SSSR count).